The summed E-state index contributed by atoms with van der Waals surface area (Å²) in [7, 11) is 1.39. The van der Waals surface area contributed by atoms with E-state index >= 15 is 0 Å². The fourth-order valence-corrected chi connectivity index (χ4v) is 1.14. The highest BCUT2D eigenvalue weighted by molar-refractivity contribution is 5.62. The molecule has 0 bridgehead atoms. The third kappa shape index (κ3) is 3.61. The van der Waals surface area contributed by atoms with Crippen LogP contribution in [0.1, 0.15) is 5.56 Å². The lowest BCUT2D eigenvalue weighted by atomic mass is 10.2. The number of hydroxylamine groups is 1. The van der Waals surface area contributed by atoms with Gasteiger partial charge >= 0.3 is 6.09 Å². The molecule has 0 aliphatic carbocycles. The van der Waals surface area contributed by atoms with Gasteiger partial charge in [0.15, 0.2) is 0 Å². The van der Waals surface area contributed by atoms with Crippen LogP contribution in [0.15, 0.2) is 18.2 Å². The molecule has 1 amide bonds. The summed E-state index contributed by atoms with van der Waals surface area (Å²) in [6, 6.07) is 4.19. The minimum absolute atomic E-state index is 0.198. The highest BCUT2D eigenvalue weighted by Gasteiger charge is 2.15. The quantitative estimate of drug-likeness (QED) is 0.594. The molecule has 2 N–H and O–H groups in total. The Balaban J connectivity index is 2.83. The average Bonchev–Trinajstić information content (AvgIpc) is 2.28. The number of hydrogen-bond acceptors (Lipinski definition) is 5. The summed E-state index contributed by atoms with van der Waals surface area (Å²) in [5.41, 5.74) is 1.69. The Morgan fingerprint density at radius 1 is 1.59 bits per heavy atom. The van der Waals surface area contributed by atoms with Gasteiger partial charge in [-0.3, -0.25) is 15.0 Å². The van der Waals surface area contributed by atoms with Gasteiger partial charge in [0.1, 0.15) is 12.4 Å². The number of methoxy groups -OCH3 is 1. The second-order valence-corrected chi connectivity index (χ2v) is 2.95. The van der Waals surface area contributed by atoms with Crippen LogP contribution in [0.3, 0.4) is 0 Å². The molecule has 0 spiro atoms. The molecule has 8 nitrogen and oxygen atoms in total. The molecule has 0 saturated heterocycles. The smallest absolute Gasteiger partial charge is 0.428 e. The van der Waals surface area contributed by atoms with Crippen molar-refractivity contribution in [1.82, 2.24) is 5.48 Å². The second kappa shape index (κ2) is 5.66. The number of ether oxygens (including phenoxy) is 1. The number of amides is 1. The van der Waals surface area contributed by atoms with Gasteiger partial charge in [-0.05, 0) is 12.1 Å². The largest absolute Gasteiger partial charge is 0.497 e. The lowest BCUT2D eigenvalue weighted by molar-refractivity contribution is -0.386. The Morgan fingerprint density at radius 3 is 2.82 bits per heavy atom. The fourth-order valence-electron chi connectivity index (χ4n) is 1.14. The molecule has 0 aromatic heterocycles. The van der Waals surface area contributed by atoms with Crippen LogP contribution >= 0.6 is 0 Å². The molecule has 0 atom stereocenters. The summed E-state index contributed by atoms with van der Waals surface area (Å²) in [6.45, 7) is -0.243. The van der Waals surface area contributed by atoms with Crippen LogP contribution in [0.4, 0.5) is 10.5 Å². The number of nitrogens with one attached hydrogen (secondary N) is 1. The second-order valence-electron chi connectivity index (χ2n) is 2.95. The zero-order valence-corrected chi connectivity index (χ0v) is 8.87. The molecule has 1 aromatic rings. The first kappa shape index (κ1) is 12.7. The third-order valence-corrected chi connectivity index (χ3v) is 1.88. The SMILES string of the molecule is COc1ccc(CONC(=O)O)c([N+](=O)[O-])c1. The standard InChI is InChI=1S/C9H10N2O6/c1-16-7-3-2-6(5-17-10-9(12)13)8(4-7)11(14)15/h2-4,10H,5H2,1H3,(H,12,13). The number of nitrogens with zero attached hydrogens (tertiary/aromatic N) is 1. The van der Waals surface area contributed by atoms with Crippen LogP contribution in [0, 0.1) is 10.1 Å². The van der Waals surface area contributed by atoms with Gasteiger partial charge in [-0.1, -0.05) is 0 Å². The molecule has 0 unspecified atom stereocenters. The van der Waals surface area contributed by atoms with E-state index in [-0.39, 0.29) is 17.9 Å². The summed E-state index contributed by atoms with van der Waals surface area (Å²) in [5, 5.41) is 19.0. The van der Waals surface area contributed by atoms with Gasteiger partial charge in [0.2, 0.25) is 0 Å². The third-order valence-electron chi connectivity index (χ3n) is 1.88. The molecule has 0 radical (unpaired) electrons. The first-order valence-corrected chi connectivity index (χ1v) is 4.46. The molecule has 8 heteroatoms. The van der Waals surface area contributed by atoms with E-state index in [0.29, 0.717) is 5.75 Å². The van der Waals surface area contributed by atoms with Crippen molar-refractivity contribution in [2.24, 2.45) is 0 Å². The Bertz CT molecular complexity index is 433. The maximum absolute atomic E-state index is 10.7. The lowest BCUT2D eigenvalue weighted by Crippen LogP contribution is -2.21. The highest BCUT2D eigenvalue weighted by Crippen LogP contribution is 2.24. The molecular formula is C9H10N2O6. The van der Waals surface area contributed by atoms with Crippen LogP contribution < -0.4 is 10.2 Å². The molecule has 1 rings (SSSR count). The van der Waals surface area contributed by atoms with E-state index in [0.717, 1.165) is 0 Å². The topological polar surface area (TPSA) is 111 Å². The van der Waals surface area contributed by atoms with E-state index in [1.807, 2.05) is 0 Å². The Hall–Kier alpha value is -2.35. The van der Waals surface area contributed by atoms with Crippen molar-refractivity contribution in [1.29, 1.82) is 0 Å². The number of nitro benzene ring substituents is 1. The summed E-state index contributed by atoms with van der Waals surface area (Å²) in [6.07, 6.45) is -1.37. The van der Waals surface area contributed by atoms with Crippen molar-refractivity contribution in [3.63, 3.8) is 0 Å². The molecule has 0 fully saturated rings. The van der Waals surface area contributed by atoms with Crippen LogP contribution in [0.25, 0.3) is 0 Å². The van der Waals surface area contributed by atoms with Crippen molar-refractivity contribution < 1.29 is 24.4 Å². The van der Waals surface area contributed by atoms with E-state index in [9.17, 15) is 14.9 Å². The van der Waals surface area contributed by atoms with E-state index in [2.05, 4.69) is 4.84 Å². The molecule has 92 valence electrons. The molecule has 0 heterocycles. The Labute approximate surface area is 95.9 Å². The van der Waals surface area contributed by atoms with Gasteiger partial charge in [0.05, 0.1) is 23.7 Å². The Morgan fingerprint density at radius 2 is 2.29 bits per heavy atom. The van der Waals surface area contributed by atoms with Crippen LogP contribution in [0.5, 0.6) is 5.75 Å². The predicted octanol–water partition coefficient (Wildman–Crippen LogP) is 1.30. The molecular weight excluding hydrogens is 232 g/mol. The fraction of sp³-hybridized carbons (Fsp3) is 0.222. The summed E-state index contributed by atoms with van der Waals surface area (Å²) < 4.78 is 4.85. The van der Waals surface area contributed by atoms with E-state index in [1.165, 1.54) is 25.3 Å². The van der Waals surface area contributed by atoms with Crippen LogP contribution in [0.2, 0.25) is 0 Å². The molecule has 0 aliphatic heterocycles. The van der Waals surface area contributed by atoms with Gasteiger partial charge in [-0.2, -0.15) is 5.48 Å². The van der Waals surface area contributed by atoms with Gasteiger partial charge < -0.3 is 9.84 Å². The number of benzene rings is 1. The maximum Gasteiger partial charge on any atom is 0.428 e. The zero-order chi connectivity index (χ0) is 12.8. The minimum Gasteiger partial charge on any atom is -0.497 e. The first-order valence-electron chi connectivity index (χ1n) is 4.46. The molecule has 17 heavy (non-hydrogen) atoms. The molecule has 0 saturated carbocycles. The number of carboxylic acid groups (broad SMARTS) is 1. The number of hydrogen-bond donors (Lipinski definition) is 2. The monoisotopic (exact) mass is 242 g/mol. The van der Waals surface area contributed by atoms with Crippen molar-refractivity contribution in [3.8, 4) is 5.75 Å². The molecule has 0 aliphatic rings. The van der Waals surface area contributed by atoms with Gasteiger partial charge in [0.25, 0.3) is 5.69 Å². The maximum atomic E-state index is 10.7. The minimum atomic E-state index is -1.37. The first-order chi connectivity index (χ1) is 8.04. The number of carbonyl (C=O) groups is 1. The van der Waals surface area contributed by atoms with Crippen molar-refractivity contribution in [2.75, 3.05) is 7.11 Å². The summed E-state index contributed by atoms with van der Waals surface area (Å²) in [5.74, 6) is 0.339. The highest BCUT2D eigenvalue weighted by atomic mass is 16.7. The summed E-state index contributed by atoms with van der Waals surface area (Å²) >= 11 is 0. The van der Waals surface area contributed by atoms with Crippen LogP contribution in [-0.2, 0) is 11.4 Å². The van der Waals surface area contributed by atoms with Gasteiger partial charge in [0, 0.05) is 0 Å². The zero-order valence-electron chi connectivity index (χ0n) is 8.87. The van der Waals surface area contributed by atoms with Gasteiger partial charge in [-0.25, -0.2) is 4.79 Å². The number of nitro groups is 1. The Kier molecular flexibility index (Phi) is 4.23. The van der Waals surface area contributed by atoms with Gasteiger partial charge in [-0.15, -0.1) is 0 Å². The average molecular weight is 242 g/mol. The lowest BCUT2D eigenvalue weighted by Gasteiger charge is -2.05. The normalized spacial score (nSPS) is 9.71. The van der Waals surface area contributed by atoms with Crippen LogP contribution in [-0.4, -0.2) is 23.2 Å². The number of rotatable bonds is 5. The van der Waals surface area contributed by atoms with E-state index in [1.54, 1.807) is 5.48 Å². The van der Waals surface area contributed by atoms with E-state index in [4.69, 9.17) is 9.84 Å². The predicted molar refractivity (Wildman–Crippen MR) is 55.6 cm³/mol. The van der Waals surface area contributed by atoms with E-state index < -0.39 is 11.0 Å². The van der Waals surface area contributed by atoms with Crippen molar-refractivity contribution in [3.05, 3.63) is 33.9 Å². The molecule has 1 aromatic carbocycles. The van der Waals surface area contributed by atoms with Crippen molar-refractivity contribution >= 4 is 11.8 Å². The summed E-state index contributed by atoms with van der Waals surface area (Å²) in [4.78, 5) is 24.8. The van der Waals surface area contributed by atoms with Crippen molar-refractivity contribution in [2.45, 2.75) is 6.61 Å².